The lowest BCUT2D eigenvalue weighted by Crippen LogP contribution is -2.32. The third kappa shape index (κ3) is 2.46. The summed E-state index contributed by atoms with van der Waals surface area (Å²) in [5.74, 6) is 0.0488. The minimum atomic E-state index is -0.290. The SMILES string of the molecule is O=C(Nc1ccc(Cl)cc1Cl)C1=NCCN1. The predicted octanol–water partition coefficient (Wildman–Crippen LogP) is 1.93. The molecule has 0 spiro atoms. The molecular formula is C10H9Cl2N3O. The lowest BCUT2D eigenvalue weighted by atomic mass is 10.3. The molecule has 84 valence electrons. The number of nitrogens with one attached hydrogen (secondary N) is 2. The first-order chi connectivity index (χ1) is 7.66. The summed E-state index contributed by atoms with van der Waals surface area (Å²) in [6.45, 7) is 1.31. The molecule has 4 nitrogen and oxygen atoms in total. The van der Waals surface area contributed by atoms with Gasteiger partial charge in [-0.05, 0) is 18.2 Å². The van der Waals surface area contributed by atoms with Gasteiger partial charge in [0.1, 0.15) is 0 Å². The van der Waals surface area contributed by atoms with Crippen molar-refractivity contribution in [2.45, 2.75) is 0 Å². The largest absolute Gasteiger partial charge is 0.364 e. The van der Waals surface area contributed by atoms with Gasteiger partial charge in [0.25, 0.3) is 5.91 Å². The van der Waals surface area contributed by atoms with E-state index in [1.165, 1.54) is 0 Å². The predicted molar refractivity (Wildman–Crippen MR) is 65.4 cm³/mol. The minimum absolute atomic E-state index is 0.290. The minimum Gasteiger partial charge on any atom is -0.364 e. The second kappa shape index (κ2) is 4.72. The van der Waals surface area contributed by atoms with Crippen LogP contribution in [-0.2, 0) is 4.79 Å². The maximum Gasteiger partial charge on any atom is 0.290 e. The van der Waals surface area contributed by atoms with E-state index in [4.69, 9.17) is 23.2 Å². The van der Waals surface area contributed by atoms with Gasteiger partial charge in [-0.25, -0.2) is 0 Å². The molecule has 1 aromatic rings. The summed E-state index contributed by atoms with van der Waals surface area (Å²) in [6, 6.07) is 4.88. The first-order valence-corrected chi connectivity index (χ1v) is 5.47. The summed E-state index contributed by atoms with van der Waals surface area (Å²) >= 11 is 11.7. The maximum absolute atomic E-state index is 11.7. The molecule has 0 radical (unpaired) electrons. The molecule has 0 bridgehead atoms. The zero-order valence-corrected chi connectivity index (χ0v) is 9.77. The molecule has 16 heavy (non-hydrogen) atoms. The molecule has 2 rings (SSSR count). The number of hydrogen-bond donors (Lipinski definition) is 2. The number of aliphatic imine (C=N–C) groups is 1. The number of carbonyl (C=O) groups excluding carboxylic acids is 1. The molecule has 0 aliphatic carbocycles. The van der Waals surface area contributed by atoms with E-state index in [1.54, 1.807) is 18.2 Å². The van der Waals surface area contributed by atoms with Crippen molar-refractivity contribution in [1.82, 2.24) is 5.32 Å². The van der Waals surface area contributed by atoms with Gasteiger partial charge in [-0.15, -0.1) is 0 Å². The molecular weight excluding hydrogens is 249 g/mol. The number of carbonyl (C=O) groups is 1. The molecule has 0 unspecified atom stereocenters. The Morgan fingerprint density at radius 1 is 1.44 bits per heavy atom. The van der Waals surface area contributed by atoms with Crippen molar-refractivity contribution in [3.8, 4) is 0 Å². The van der Waals surface area contributed by atoms with Crippen LogP contribution < -0.4 is 10.6 Å². The number of anilines is 1. The number of rotatable bonds is 2. The second-order valence-electron chi connectivity index (χ2n) is 3.24. The van der Waals surface area contributed by atoms with Crippen LogP contribution in [0.5, 0.6) is 0 Å². The summed E-state index contributed by atoms with van der Waals surface area (Å²) in [5, 5.41) is 6.46. The van der Waals surface area contributed by atoms with Crippen molar-refractivity contribution < 1.29 is 4.79 Å². The molecule has 1 heterocycles. The zero-order valence-electron chi connectivity index (χ0n) is 8.26. The number of halogens is 2. The average molecular weight is 258 g/mol. The number of benzene rings is 1. The highest BCUT2D eigenvalue weighted by Gasteiger charge is 2.15. The van der Waals surface area contributed by atoms with E-state index in [0.717, 1.165) is 0 Å². The molecule has 0 fully saturated rings. The van der Waals surface area contributed by atoms with Gasteiger partial charge in [0.05, 0.1) is 17.3 Å². The van der Waals surface area contributed by atoms with Crippen LogP contribution in [0.3, 0.4) is 0 Å². The van der Waals surface area contributed by atoms with E-state index in [1.807, 2.05) is 0 Å². The number of nitrogens with zero attached hydrogens (tertiary/aromatic N) is 1. The smallest absolute Gasteiger partial charge is 0.290 e. The Labute approximate surface area is 103 Å². The maximum atomic E-state index is 11.7. The van der Waals surface area contributed by atoms with Crippen LogP contribution in [0.25, 0.3) is 0 Å². The molecule has 2 N–H and O–H groups in total. The van der Waals surface area contributed by atoms with Gasteiger partial charge in [0.15, 0.2) is 5.84 Å². The molecule has 1 amide bonds. The van der Waals surface area contributed by atoms with E-state index in [9.17, 15) is 4.79 Å². The molecule has 1 aromatic carbocycles. The molecule has 6 heteroatoms. The molecule has 0 atom stereocenters. The first kappa shape index (κ1) is 11.2. The van der Waals surface area contributed by atoms with Gasteiger partial charge in [-0.2, -0.15) is 0 Å². The van der Waals surface area contributed by atoms with Crippen LogP contribution in [-0.4, -0.2) is 24.8 Å². The highest BCUT2D eigenvalue weighted by atomic mass is 35.5. The Morgan fingerprint density at radius 2 is 2.25 bits per heavy atom. The fourth-order valence-corrected chi connectivity index (χ4v) is 1.78. The van der Waals surface area contributed by atoms with Crippen molar-refractivity contribution in [3.05, 3.63) is 28.2 Å². The topological polar surface area (TPSA) is 53.5 Å². The van der Waals surface area contributed by atoms with E-state index in [2.05, 4.69) is 15.6 Å². The highest BCUT2D eigenvalue weighted by molar-refractivity contribution is 6.44. The Morgan fingerprint density at radius 3 is 2.88 bits per heavy atom. The van der Waals surface area contributed by atoms with Crippen molar-refractivity contribution in [3.63, 3.8) is 0 Å². The van der Waals surface area contributed by atoms with Crippen molar-refractivity contribution in [2.75, 3.05) is 18.4 Å². The molecule has 1 aliphatic rings. The quantitative estimate of drug-likeness (QED) is 0.851. The fourth-order valence-electron chi connectivity index (χ4n) is 1.32. The normalized spacial score (nSPS) is 14.2. The van der Waals surface area contributed by atoms with Gasteiger partial charge < -0.3 is 10.6 Å². The fraction of sp³-hybridized carbons (Fsp3) is 0.200. The summed E-state index contributed by atoms with van der Waals surface area (Å²) in [6.07, 6.45) is 0. The first-order valence-electron chi connectivity index (χ1n) is 4.71. The summed E-state index contributed by atoms with van der Waals surface area (Å²) in [4.78, 5) is 15.7. The lowest BCUT2D eigenvalue weighted by molar-refractivity contribution is -0.110. The van der Waals surface area contributed by atoms with Crippen LogP contribution in [0.4, 0.5) is 5.69 Å². The van der Waals surface area contributed by atoms with Gasteiger partial charge >= 0.3 is 0 Å². The molecule has 0 saturated carbocycles. The number of amidine groups is 1. The van der Waals surface area contributed by atoms with Crippen LogP contribution in [0.15, 0.2) is 23.2 Å². The van der Waals surface area contributed by atoms with Gasteiger partial charge in [-0.1, -0.05) is 23.2 Å². The summed E-state index contributed by atoms with van der Waals surface area (Å²) in [5.41, 5.74) is 0.521. The summed E-state index contributed by atoms with van der Waals surface area (Å²) < 4.78 is 0. The lowest BCUT2D eigenvalue weighted by Gasteiger charge is -2.07. The van der Waals surface area contributed by atoms with E-state index in [-0.39, 0.29) is 5.91 Å². The van der Waals surface area contributed by atoms with E-state index < -0.39 is 0 Å². The Hall–Kier alpha value is -1.26. The molecule has 1 aliphatic heterocycles. The van der Waals surface area contributed by atoms with Crippen molar-refractivity contribution in [2.24, 2.45) is 4.99 Å². The van der Waals surface area contributed by atoms with E-state index in [0.29, 0.717) is 34.7 Å². The Bertz CT molecular complexity index is 459. The standard InChI is InChI=1S/C10H9Cl2N3O/c11-6-1-2-8(7(12)5-6)15-10(16)9-13-3-4-14-9/h1-2,5H,3-4H2,(H,13,14)(H,15,16). The second-order valence-corrected chi connectivity index (χ2v) is 4.08. The third-order valence-electron chi connectivity index (χ3n) is 2.07. The monoisotopic (exact) mass is 257 g/mol. The van der Waals surface area contributed by atoms with Crippen LogP contribution in [0.1, 0.15) is 0 Å². The van der Waals surface area contributed by atoms with Gasteiger partial charge in [0, 0.05) is 11.6 Å². The zero-order chi connectivity index (χ0) is 11.5. The van der Waals surface area contributed by atoms with E-state index >= 15 is 0 Å². The average Bonchev–Trinajstić information content (AvgIpc) is 2.75. The Balaban J connectivity index is 2.11. The molecule has 0 aromatic heterocycles. The van der Waals surface area contributed by atoms with Crippen LogP contribution in [0.2, 0.25) is 10.0 Å². The molecule has 0 saturated heterocycles. The third-order valence-corrected chi connectivity index (χ3v) is 2.62. The van der Waals surface area contributed by atoms with Crippen LogP contribution >= 0.6 is 23.2 Å². The van der Waals surface area contributed by atoms with Gasteiger partial charge in [-0.3, -0.25) is 9.79 Å². The Kier molecular flexibility index (Phi) is 3.31. The van der Waals surface area contributed by atoms with Crippen LogP contribution in [0, 0.1) is 0 Å². The van der Waals surface area contributed by atoms with Gasteiger partial charge in [0.2, 0.25) is 0 Å². The van der Waals surface area contributed by atoms with Crippen molar-refractivity contribution in [1.29, 1.82) is 0 Å². The summed E-state index contributed by atoms with van der Waals surface area (Å²) in [7, 11) is 0. The van der Waals surface area contributed by atoms with Crippen molar-refractivity contribution >= 4 is 40.6 Å². The number of hydrogen-bond acceptors (Lipinski definition) is 3. The highest BCUT2D eigenvalue weighted by Crippen LogP contribution is 2.25. The number of amides is 1.